The van der Waals surface area contributed by atoms with E-state index in [0.717, 1.165) is 6.54 Å². The Balaban J connectivity index is 1.57. The van der Waals surface area contributed by atoms with Crippen molar-refractivity contribution in [3.63, 3.8) is 0 Å². The Labute approximate surface area is 216 Å². The normalized spacial score (nSPS) is 18.9. The highest BCUT2D eigenvalue weighted by Crippen LogP contribution is 2.41. The molecule has 0 bridgehead atoms. The smallest absolute Gasteiger partial charge is 0.378 e. The highest BCUT2D eigenvalue weighted by Gasteiger charge is 2.33. The molecule has 2 N–H and O–H groups in total. The minimum Gasteiger partial charge on any atom is -0.378 e. The van der Waals surface area contributed by atoms with Gasteiger partial charge in [-0.25, -0.2) is 4.39 Å². The van der Waals surface area contributed by atoms with Crippen molar-refractivity contribution in [1.29, 1.82) is 0 Å². The van der Waals surface area contributed by atoms with E-state index in [1.54, 1.807) is 43.7 Å². The molecule has 0 aliphatic carbocycles. The lowest BCUT2D eigenvalue weighted by molar-refractivity contribution is -0.0329. The molecule has 2 atom stereocenters. The maximum atomic E-state index is 14.6. The van der Waals surface area contributed by atoms with E-state index in [1.165, 1.54) is 10.6 Å². The number of hydrogen-bond donors (Lipinski definition) is 2. The van der Waals surface area contributed by atoms with Crippen LogP contribution in [-0.2, 0) is 4.57 Å². The predicted octanol–water partition coefficient (Wildman–Crippen LogP) is 4.51. The Morgan fingerprint density at radius 2 is 2.03 bits per heavy atom. The standard InChI is InChI=1S/C24H27F4N6OPS/c1-33-13-10-18(17(25)15-33)30-19-7-5-12-34-20(19)14-16(23(34)37-24(26,27)28)6-4-11-29-21-8-9-22(32-31-21)36(2,3)35/h5,7-9,12,14,17-18,30H,10-11,13,15H2,1-3H3,(H,29,31)/t17-,18+/m0/s1. The third kappa shape index (κ3) is 6.98. The number of alkyl halides is 4. The number of fused-ring (bicyclic) bond motifs is 1. The van der Waals surface area contributed by atoms with Crippen molar-refractivity contribution in [2.75, 3.05) is 50.6 Å². The Kier molecular flexibility index (Phi) is 8.07. The minimum absolute atomic E-state index is 0.0652. The third-order valence-electron chi connectivity index (χ3n) is 5.84. The summed E-state index contributed by atoms with van der Waals surface area (Å²) in [5.74, 6) is 6.06. The first-order valence-corrected chi connectivity index (χ1v) is 14.9. The Bertz CT molecular complexity index is 1360. The predicted molar refractivity (Wildman–Crippen MR) is 140 cm³/mol. The van der Waals surface area contributed by atoms with Crippen molar-refractivity contribution in [2.45, 2.75) is 29.2 Å². The number of aromatic nitrogens is 3. The second-order valence-electron chi connectivity index (χ2n) is 9.19. The first-order chi connectivity index (χ1) is 17.4. The summed E-state index contributed by atoms with van der Waals surface area (Å²) in [4.78, 5) is 1.91. The average molecular weight is 555 g/mol. The monoisotopic (exact) mass is 554 g/mol. The van der Waals surface area contributed by atoms with Crippen molar-refractivity contribution in [3.8, 4) is 11.8 Å². The molecular formula is C24H27F4N6OPS. The molecule has 4 rings (SSSR count). The van der Waals surface area contributed by atoms with Crippen LogP contribution in [0.25, 0.3) is 5.52 Å². The number of rotatable bonds is 6. The molecule has 0 amide bonds. The number of nitrogens with one attached hydrogen (secondary N) is 2. The lowest BCUT2D eigenvalue weighted by atomic mass is 10.0. The van der Waals surface area contributed by atoms with Crippen LogP contribution in [0.3, 0.4) is 0 Å². The summed E-state index contributed by atoms with van der Waals surface area (Å²) < 4.78 is 68.3. The fourth-order valence-corrected chi connectivity index (χ4v) is 5.39. The molecule has 13 heteroatoms. The van der Waals surface area contributed by atoms with Crippen LogP contribution in [0.15, 0.2) is 41.6 Å². The van der Waals surface area contributed by atoms with E-state index in [1.807, 2.05) is 11.9 Å². The zero-order valence-electron chi connectivity index (χ0n) is 20.5. The maximum Gasteiger partial charge on any atom is 0.447 e. The molecule has 0 unspecified atom stereocenters. The topological polar surface area (TPSA) is 74.6 Å². The molecule has 1 fully saturated rings. The van der Waals surface area contributed by atoms with Gasteiger partial charge >= 0.3 is 5.51 Å². The largest absolute Gasteiger partial charge is 0.447 e. The van der Waals surface area contributed by atoms with Gasteiger partial charge in [-0.05, 0) is 57.1 Å². The van der Waals surface area contributed by atoms with Gasteiger partial charge < -0.3 is 24.5 Å². The van der Waals surface area contributed by atoms with Crippen molar-refractivity contribution in [1.82, 2.24) is 19.5 Å². The van der Waals surface area contributed by atoms with Gasteiger partial charge in [-0.1, -0.05) is 11.8 Å². The highest BCUT2D eigenvalue weighted by molar-refractivity contribution is 8.00. The second kappa shape index (κ2) is 10.9. The lowest BCUT2D eigenvalue weighted by Gasteiger charge is -2.33. The number of nitrogens with zero attached hydrogens (tertiary/aromatic N) is 4. The van der Waals surface area contributed by atoms with E-state index in [9.17, 15) is 22.1 Å². The molecule has 3 aromatic rings. The first-order valence-electron chi connectivity index (χ1n) is 11.5. The summed E-state index contributed by atoms with van der Waals surface area (Å²) in [5, 5.41) is 14.0. The number of thioether (sulfide) groups is 1. The van der Waals surface area contributed by atoms with Crippen molar-refractivity contribution < 1.29 is 22.1 Å². The van der Waals surface area contributed by atoms with Crippen molar-refractivity contribution in [2.24, 2.45) is 0 Å². The lowest BCUT2D eigenvalue weighted by Crippen LogP contribution is -2.46. The number of piperidine rings is 1. The molecule has 0 spiro atoms. The highest BCUT2D eigenvalue weighted by atomic mass is 32.2. The van der Waals surface area contributed by atoms with E-state index >= 15 is 0 Å². The number of anilines is 2. The van der Waals surface area contributed by atoms with Gasteiger partial charge in [-0.2, -0.15) is 13.2 Å². The van der Waals surface area contributed by atoms with Crippen LogP contribution < -0.4 is 16.1 Å². The molecule has 0 saturated carbocycles. The fraction of sp³-hybridized carbons (Fsp3) is 0.417. The summed E-state index contributed by atoms with van der Waals surface area (Å²) >= 11 is -0.240. The van der Waals surface area contributed by atoms with E-state index in [4.69, 9.17) is 0 Å². The molecule has 7 nitrogen and oxygen atoms in total. The molecular weight excluding hydrogens is 527 g/mol. The average Bonchev–Trinajstić information content (AvgIpc) is 3.15. The number of likely N-dealkylation sites (tertiary alicyclic amines) is 1. The second-order valence-corrected chi connectivity index (χ2v) is 13.4. The van der Waals surface area contributed by atoms with Crippen LogP contribution in [0.4, 0.5) is 29.1 Å². The summed E-state index contributed by atoms with van der Waals surface area (Å²) in [6, 6.07) is 7.75. The van der Waals surface area contributed by atoms with Gasteiger partial charge in [-0.15, -0.1) is 10.2 Å². The van der Waals surface area contributed by atoms with Gasteiger partial charge in [0.15, 0.2) is 0 Å². The first kappa shape index (κ1) is 27.3. The van der Waals surface area contributed by atoms with Gasteiger partial charge in [0, 0.05) is 31.0 Å². The Morgan fingerprint density at radius 1 is 1.24 bits per heavy atom. The van der Waals surface area contributed by atoms with Crippen LogP contribution >= 0.6 is 18.9 Å². The van der Waals surface area contributed by atoms with Crippen LogP contribution in [0, 0.1) is 11.8 Å². The quantitative estimate of drug-likeness (QED) is 0.201. The molecule has 4 heterocycles. The summed E-state index contributed by atoms with van der Waals surface area (Å²) in [7, 11) is -0.669. The maximum absolute atomic E-state index is 14.6. The van der Waals surface area contributed by atoms with E-state index < -0.39 is 24.9 Å². The summed E-state index contributed by atoms with van der Waals surface area (Å²) in [6.07, 6.45) is 1.03. The van der Waals surface area contributed by atoms with Crippen LogP contribution in [0.2, 0.25) is 0 Å². The molecule has 1 saturated heterocycles. The number of pyridine rings is 1. The fourth-order valence-electron chi connectivity index (χ4n) is 4.00. The van der Waals surface area contributed by atoms with Crippen LogP contribution in [0.1, 0.15) is 12.0 Å². The molecule has 1 aliphatic heterocycles. The molecule has 1 aliphatic rings. The molecule has 0 radical (unpaired) electrons. The van der Waals surface area contributed by atoms with Gasteiger partial charge in [0.2, 0.25) is 0 Å². The molecule has 37 heavy (non-hydrogen) atoms. The summed E-state index contributed by atoms with van der Waals surface area (Å²) in [5.41, 5.74) is -2.86. The van der Waals surface area contributed by atoms with E-state index in [0.29, 0.717) is 35.4 Å². The van der Waals surface area contributed by atoms with Crippen LogP contribution in [0.5, 0.6) is 0 Å². The van der Waals surface area contributed by atoms with Gasteiger partial charge in [0.05, 0.1) is 29.4 Å². The Morgan fingerprint density at radius 3 is 2.68 bits per heavy atom. The zero-order chi connectivity index (χ0) is 26.8. The molecule has 0 aromatic carbocycles. The van der Waals surface area contributed by atoms with Gasteiger partial charge in [0.1, 0.15) is 29.6 Å². The Hall–Kier alpha value is -2.74. The summed E-state index contributed by atoms with van der Waals surface area (Å²) in [6.45, 7) is 4.32. The number of halogens is 4. The van der Waals surface area contributed by atoms with Gasteiger partial charge in [0.25, 0.3) is 0 Å². The third-order valence-corrected chi connectivity index (χ3v) is 8.03. The zero-order valence-corrected chi connectivity index (χ0v) is 22.2. The van der Waals surface area contributed by atoms with Gasteiger partial charge in [-0.3, -0.25) is 0 Å². The van der Waals surface area contributed by atoms with E-state index in [-0.39, 0.29) is 28.9 Å². The van der Waals surface area contributed by atoms with Crippen LogP contribution in [-0.4, -0.2) is 77.2 Å². The molecule has 198 valence electrons. The minimum atomic E-state index is -4.51. The van der Waals surface area contributed by atoms with Crippen molar-refractivity contribution in [3.05, 3.63) is 42.1 Å². The SMILES string of the molecule is CN1CC[C@@H](Nc2cccn3c(SC(F)(F)F)c(C#CCNc4ccc(P(C)(C)=O)nn4)cc23)[C@@H](F)C1. The molecule has 3 aromatic heterocycles. The van der Waals surface area contributed by atoms with Crippen molar-refractivity contribution >= 4 is 41.4 Å². The van der Waals surface area contributed by atoms with E-state index in [2.05, 4.69) is 32.7 Å². The number of hydrogen-bond acceptors (Lipinski definition) is 7.